The molecule has 0 unspecified atom stereocenters. The molecule has 3 aromatic rings. The number of hydrogen-bond donors (Lipinski definition) is 2. The number of aryl methyl sites for hydroxylation is 1. The third-order valence-electron chi connectivity index (χ3n) is 4.38. The Morgan fingerprint density at radius 1 is 1.16 bits per heavy atom. The number of benzene rings is 1. The first kappa shape index (κ1) is 21.9. The molecule has 0 bridgehead atoms. The minimum Gasteiger partial charge on any atom is -0.497 e. The van der Waals surface area contributed by atoms with Crippen molar-refractivity contribution in [3.8, 4) is 11.5 Å². The average molecular weight is 426 g/mol. The highest BCUT2D eigenvalue weighted by Gasteiger charge is 2.20. The minimum atomic E-state index is -0.487. The molecule has 0 aliphatic rings. The molecule has 31 heavy (non-hydrogen) atoms. The van der Waals surface area contributed by atoms with Gasteiger partial charge in [-0.1, -0.05) is 19.9 Å². The second kappa shape index (κ2) is 9.84. The monoisotopic (exact) mass is 426 g/mol. The highest BCUT2D eigenvalue weighted by molar-refractivity contribution is 6.07. The Morgan fingerprint density at radius 2 is 1.94 bits per heavy atom. The van der Waals surface area contributed by atoms with Crippen LogP contribution in [0, 0.1) is 5.92 Å². The van der Waals surface area contributed by atoms with Crippen LogP contribution < -0.4 is 20.1 Å². The Kier molecular flexibility index (Phi) is 6.96. The molecule has 0 saturated carbocycles. The molecule has 9 heteroatoms. The van der Waals surface area contributed by atoms with Gasteiger partial charge in [0.05, 0.1) is 19.0 Å². The molecule has 0 radical (unpaired) electrons. The van der Waals surface area contributed by atoms with Crippen LogP contribution in [-0.2, 0) is 13.7 Å². The van der Waals surface area contributed by atoms with Crippen molar-refractivity contribution < 1.29 is 23.5 Å². The highest BCUT2D eigenvalue weighted by Crippen LogP contribution is 2.21. The van der Waals surface area contributed by atoms with Crippen LogP contribution in [0.15, 0.2) is 47.0 Å². The summed E-state index contributed by atoms with van der Waals surface area (Å²) < 4.78 is 17.8. The standard InChI is InChI=1S/C22H26N4O5/c1-14(2)11-23-22(28)20-18(12-24-26(20)3)25-21(27)19-9-8-17(31-19)13-30-16-7-5-6-15(10-16)29-4/h5-10,12,14H,11,13H2,1-4H3,(H,23,28)(H,25,27). The van der Waals surface area contributed by atoms with Gasteiger partial charge >= 0.3 is 0 Å². The van der Waals surface area contributed by atoms with Crippen LogP contribution in [-0.4, -0.2) is 35.2 Å². The molecule has 0 atom stereocenters. The van der Waals surface area contributed by atoms with E-state index in [1.54, 1.807) is 38.4 Å². The van der Waals surface area contributed by atoms with E-state index < -0.39 is 5.91 Å². The van der Waals surface area contributed by atoms with E-state index in [0.717, 1.165) is 0 Å². The lowest BCUT2D eigenvalue weighted by Crippen LogP contribution is -2.30. The van der Waals surface area contributed by atoms with E-state index in [1.165, 1.54) is 10.9 Å². The molecule has 0 spiro atoms. The van der Waals surface area contributed by atoms with Gasteiger partial charge in [-0.05, 0) is 30.2 Å². The first-order valence-electron chi connectivity index (χ1n) is 9.84. The number of anilines is 1. The predicted octanol–water partition coefficient (Wildman–Crippen LogP) is 3.24. The van der Waals surface area contributed by atoms with Gasteiger partial charge in [0, 0.05) is 19.7 Å². The van der Waals surface area contributed by atoms with Gasteiger partial charge in [-0.25, -0.2) is 0 Å². The number of amides is 2. The quantitative estimate of drug-likeness (QED) is 0.544. The van der Waals surface area contributed by atoms with Crippen molar-refractivity contribution in [2.75, 3.05) is 19.0 Å². The smallest absolute Gasteiger partial charge is 0.291 e. The summed E-state index contributed by atoms with van der Waals surface area (Å²) in [4.78, 5) is 25.1. The van der Waals surface area contributed by atoms with Gasteiger partial charge in [-0.2, -0.15) is 5.10 Å². The van der Waals surface area contributed by atoms with Crippen LogP contribution in [0.5, 0.6) is 11.5 Å². The lowest BCUT2D eigenvalue weighted by molar-refractivity contribution is 0.0940. The Labute approximate surface area is 180 Å². The van der Waals surface area contributed by atoms with E-state index in [0.29, 0.717) is 35.4 Å². The van der Waals surface area contributed by atoms with Crippen molar-refractivity contribution >= 4 is 17.5 Å². The molecular weight excluding hydrogens is 400 g/mol. The molecule has 0 fully saturated rings. The van der Waals surface area contributed by atoms with Crippen LogP contribution >= 0.6 is 0 Å². The molecular formula is C22H26N4O5. The molecule has 2 aromatic heterocycles. The predicted molar refractivity (Wildman–Crippen MR) is 114 cm³/mol. The maximum absolute atomic E-state index is 12.6. The lowest BCUT2D eigenvalue weighted by atomic mass is 10.2. The van der Waals surface area contributed by atoms with E-state index in [1.807, 2.05) is 26.0 Å². The second-order valence-corrected chi connectivity index (χ2v) is 7.32. The summed E-state index contributed by atoms with van der Waals surface area (Å²) in [6.45, 7) is 4.67. The van der Waals surface area contributed by atoms with E-state index in [-0.39, 0.29) is 24.0 Å². The SMILES string of the molecule is COc1cccc(OCc2ccc(C(=O)Nc3cnn(C)c3C(=O)NCC(C)C)o2)c1. The number of rotatable bonds is 9. The number of hydrogen-bond acceptors (Lipinski definition) is 6. The number of carbonyl (C=O) groups is 2. The average Bonchev–Trinajstić information content (AvgIpc) is 3.37. The Morgan fingerprint density at radius 3 is 2.68 bits per heavy atom. The third kappa shape index (κ3) is 5.65. The topological polar surface area (TPSA) is 108 Å². The zero-order chi connectivity index (χ0) is 22.4. The van der Waals surface area contributed by atoms with E-state index in [4.69, 9.17) is 13.9 Å². The minimum absolute atomic E-state index is 0.0987. The van der Waals surface area contributed by atoms with Gasteiger partial charge in [0.15, 0.2) is 5.76 Å². The maximum Gasteiger partial charge on any atom is 0.291 e. The molecule has 164 valence electrons. The van der Waals surface area contributed by atoms with Crippen molar-refractivity contribution in [3.05, 3.63) is 59.8 Å². The van der Waals surface area contributed by atoms with Crippen molar-refractivity contribution in [2.45, 2.75) is 20.5 Å². The summed E-state index contributed by atoms with van der Waals surface area (Å²) in [5, 5.41) is 9.58. The van der Waals surface area contributed by atoms with Crippen LogP contribution in [0.3, 0.4) is 0 Å². The molecule has 0 aliphatic heterocycles. The third-order valence-corrected chi connectivity index (χ3v) is 4.38. The van der Waals surface area contributed by atoms with E-state index in [2.05, 4.69) is 15.7 Å². The molecule has 3 rings (SSSR count). The van der Waals surface area contributed by atoms with Crippen molar-refractivity contribution in [1.82, 2.24) is 15.1 Å². The first-order valence-corrected chi connectivity index (χ1v) is 9.84. The molecule has 1 aromatic carbocycles. The van der Waals surface area contributed by atoms with Crippen molar-refractivity contribution in [1.29, 1.82) is 0 Å². The fraction of sp³-hybridized carbons (Fsp3) is 0.318. The Hall–Kier alpha value is -3.75. The fourth-order valence-electron chi connectivity index (χ4n) is 2.79. The van der Waals surface area contributed by atoms with E-state index >= 15 is 0 Å². The Balaban J connectivity index is 1.63. The molecule has 9 nitrogen and oxygen atoms in total. The second-order valence-electron chi connectivity index (χ2n) is 7.32. The number of carbonyl (C=O) groups excluding carboxylic acids is 2. The molecule has 0 saturated heterocycles. The number of ether oxygens (including phenoxy) is 2. The summed E-state index contributed by atoms with van der Waals surface area (Å²) in [6, 6.07) is 10.4. The zero-order valence-corrected chi connectivity index (χ0v) is 18.0. The molecule has 2 amide bonds. The maximum atomic E-state index is 12.6. The van der Waals surface area contributed by atoms with Crippen LogP contribution in [0.4, 0.5) is 5.69 Å². The van der Waals surface area contributed by atoms with Crippen molar-refractivity contribution in [3.63, 3.8) is 0 Å². The van der Waals surface area contributed by atoms with Crippen LogP contribution in [0.2, 0.25) is 0 Å². The number of aromatic nitrogens is 2. The van der Waals surface area contributed by atoms with Gasteiger partial charge in [0.2, 0.25) is 0 Å². The van der Waals surface area contributed by atoms with Crippen LogP contribution in [0.1, 0.15) is 40.7 Å². The zero-order valence-electron chi connectivity index (χ0n) is 18.0. The molecule has 2 N–H and O–H groups in total. The van der Waals surface area contributed by atoms with E-state index in [9.17, 15) is 9.59 Å². The van der Waals surface area contributed by atoms with Gasteiger partial charge in [-0.3, -0.25) is 14.3 Å². The molecule has 2 heterocycles. The van der Waals surface area contributed by atoms with Crippen LogP contribution in [0.25, 0.3) is 0 Å². The normalized spacial score (nSPS) is 10.7. The number of furan rings is 1. The number of nitrogens with zero attached hydrogens (tertiary/aromatic N) is 2. The first-order chi connectivity index (χ1) is 14.9. The van der Waals surface area contributed by atoms with Crippen molar-refractivity contribution in [2.24, 2.45) is 13.0 Å². The summed E-state index contributed by atoms with van der Waals surface area (Å²) >= 11 is 0. The van der Waals surface area contributed by atoms with Gasteiger partial charge in [0.1, 0.15) is 29.6 Å². The number of methoxy groups -OCH3 is 1. The van der Waals surface area contributed by atoms with Gasteiger partial charge < -0.3 is 24.5 Å². The fourth-order valence-corrected chi connectivity index (χ4v) is 2.79. The summed E-state index contributed by atoms with van der Waals surface area (Å²) in [5.74, 6) is 1.39. The van der Waals surface area contributed by atoms with Gasteiger partial charge in [0.25, 0.3) is 11.8 Å². The summed E-state index contributed by atoms with van der Waals surface area (Å²) in [6.07, 6.45) is 1.43. The number of nitrogens with one attached hydrogen (secondary N) is 2. The van der Waals surface area contributed by atoms with Gasteiger partial charge in [-0.15, -0.1) is 0 Å². The molecule has 0 aliphatic carbocycles. The summed E-state index contributed by atoms with van der Waals surface area (Å²) in [7, 11) is 3.22. The largest absolute Gasteiger partial charge is 0.497 e. The lowest BCUT2D eigenvalue weighted by Gasteiger charge is -2.10. The Bertz CT molecular complexity index is 1050. The summed E-state index contributed by atoms with van der Waals surface area (Å²) in [5.41, 5.74) is 0.571. The highest BCUT2D eigenvalue weighted by atomic mass is 16.5.